The minimum Gasteiger partial charge on any atom is -0.481 e. The van der Waals surface area contributed by atoms with Gasteiger partial charge in [-0.2, -0.15) is 0 Å². The van der Waals surface area contributed by atoms with Gasteiger partial charge in [-0.15, -0.1) is 0 Å². The molecule has 104 valence electrons. The van der Waals surface area contributed by atoms with Crippen LogP contribution in [0.4, 0.5) is 4.39 Å². The Balaban J connectivity index is 1.98. The molecule has 2 unspecified atom stereocenters. The molecule has 1 aromatic carbocycles. The number of likely N-dealkylation sites (tertiary alicyclic amines) is 1. The van der Waals surface area contributed by atoms with E-state index in [-0.39, 0.29) is 23.7 Å². The van der Waals surface area contributed by atoms with E-state index in [0.29, 0.717) is 0 Å². The monoisotopic (exact) mass is 265 g/mol. The number of carboxylic acids is 1. The van der Waals surface area contributed by atoms with Gasteiger partial charge in [0, 0.05) is 19.1 Å². The molecule has 2 atom stereocenters. The Morgan fingerprint density at radius 1 is 1.42 bits per heavy atom. The van der Waals surface area contributed by atoms with Crippen molar-refractivity contribution in [2.24, 2.45) is 11.8 Å². The van der Waals surface area contributed by atoms with Gasteiger partial charge in [0.1, 0.15) is 5.82 Å². The first kappa shape index (κ1) is 14.0. The molecule has 3 nitrogen and oxygen atoms in total. The molecule has 4 heteroatoms. The van der Waals surface area contributed by atoms with Crippen molar-refractivity contribution >= 4 is 5.97 Å². The van der Waals surface area contributed by atoms with Gasteiger partial charge in [0.05, 0.1) is 5.92 Å². The van der Waals surface area contributed by atoms with Crippen molar-refractivity contribution in [2.45, 2.75) is 26.3 Å². The van der Waals surface area contributed by atoms with Gasteiger partial charge < -0.3 is 5.11 Å². The molecule has 0 amide bonds. The Morgan fingerprint density at radius 3 is 2.47 bits per heavy atom. The minimum atomic E-state index is -0.723. The van der Waals surface area contributed by atoms with E-state index in [4.69, 9.17) is 5.11 Å². The van der Waals surface area contributed by atoms with Crippen LogP contribution in [-0.4, -0.2) is 29.1 Å². The van der Waals surface area contributed by atoms with Crippen molar-refractivity contribution in [3.63, 3.8) is 0 Å². The van der Waals surface area contributed by atoms with E-state index in [1.54, 1.807) is 6.92 Å². The summed E-state index contributed by atoms with van der Waals surface area (Å²) in [6, 6.07) is 6.86. The van der Waals surface area contributed by atoms with Crippen LogP contribution in [0.1, 0.15) is 31.9 Å². The molecule has 2 rings (SSSR count). The van der Waals surface area contributed by atoms with Crippen molar-refractivity contribution in [1.82, 2.24) is 4.90 Å². The Morgan fingerprint density at radius 2 is 2.00 bits per heavy atom. The normalized spacial score (nSPS) is 19.7. The maximum Gasteiger partial charge on any atom is 0.306 e. The predicted octanol–water partition coefficient (Wildman–Crippen LogP) is 2.93. The molecule has 1 N–H and O–H groups in total. The van der Waals surface area contributed by atoms with Gasteiger partial charge in [0.2, 0.25) is 0 Å². The summed E-state index contributed by atoms with van der Waals surface area (Å²) in [6.45, 7) is 5.48. The largest absolute Gasteiger partial charge is 0.481 e. The second-order valence-corrected chi connectivity index (χ2v) is 5.32. The zero-order valence-electron chi connectivity index (χ0n) is 11.3. The Labute approximate surface area is 113 Å². The first-order chi connectivity index (χ1) is 9.02. The summed E-state index contributed by atoms with van der Waals surface area (Å²) in [4.78, 5) is 13.2. The van der Waals surface area contributed by atoms with Gasteiger partial charge >= 0.3 is 5.97 Å². The standard InChI is InChI=1S/C15H20FNO2/c1-3-14(11-4-6-13(16)7-5-11)17-8-12(9-17)10(2)15(18)19/h4-7,10,12,14H,3,8-9H2,1-2H3,(H,18,19). The van der Waals surface area contributed by atoms with E-state index in [1.807, 2.05) is 12.1 Å². The van der Waals surface area contributed by atoms with Crippen LogP contribution in [0.5, 0.6) is 0 Å². The quantitative estimate of drug-likeness (QED) is 0.890. The highest BCUT2D eigenvalue weighted by Crippen LogP contribution is 2.34. The molecule has 1 fully saturated rings. The van der Waals surface area contributed by atoms with Gasteiger partial charge in [0.25, 0.3) is 0 Å². The summed E-state index contributed by atoms with van der Waals surface area (Å²) >= 11 is 0. The molecule has 1 saturated heterocycles. The Bertz CT molecular complexity index is 440. The third kappa shape index (κ3) is 2.95. The summed E-state index contributed by atoms with van der Waals surface area (Å²) in [6.07, 6.45) is 0.944. The molecule has 0 spiro atoms. The van der Waals surface area contributed by atoms with E-state index in [9.17, 15) is 9.18 Å². The van der Waals surface area contributed by atoms with Crippen molar-refractivity contribution in [3.8, 4) is 0 Å². The molecule has 0 saturated carbocycles. The maximum atomic E-state index is 12.9. The number of nitrogens with zero attached hydrogens (tertiary/aromatic N) is 1. The van der Waals surface area contributed by atoms with Crippen molar-refractivity contribution in [2.75, 3.05) is 13.1 Å². The van der Waals surface area contributed by atoms with Crippen LogP contribution < -0.4 is 0 Å². The average molecular weight is 265 g/mol. The number of benzene rings is 1. The fourth-order valence-corrected chi connectivity index (χ4v) is 2.71. The second kappa shape index (κ2) is 5.70. The highest BCUT2D eigenvalue weighted by molar-refractivity contribution is 5.70. The highest BCUT2D eigenvalue weighted by Gasteiger charge is 2.37. The van der Waals surface area contributed by atoms with Crippen LogP contribution in [0.25, 0.3) is 0 Å². The van der Waals surface area contributed by atoms with Gasteiger partial charge in [-0.3, -0.25) is 9.69 Å². The van der Waals surface area contributed by atoms with Gasteiger partial charge in [-0.05, 0) is 30.0 Å². The van der Waals surface area contributed by atoms with Crippen molar-refractivity contribution in [3.05, 3.63) is 35.6 Å². The minimum absolute atomic E-state index is 0.223. The fraction of sp³-hybridized carbons (Fsp3) is 0.533. The van der Waals surface area contributed by atoms with E-state index < -0.39 is 5.97 Å². The second-order valence-electron chi connectivity index (χ2n) is 5.32. The topological polar surface area (TPSA) is 40.5 Å². The molecule has 0 bridgehead atoms. The SMILES string of the molecule is CCC(c1ccc(F)cc1)N1CC(C(C)C(=O)O)C1. The molecule has 1 aromatic rings. The number of hydrogen-bond acceptors (Lipinski definition) is 2. The Hall–Kier alpha value is -1.42. The van der Waals surface area contributed by atoms with E-state index in [0.717, 1.165) is 25.1 Å². The lowest BCUT2D eigenvalue weighted by Gasteiger charge is -2.46. The van der Waals surface area contributed by atoms with Crippen LogP contribution in [0, 0.1) is 17.7 Å². The van der Waals surface area contributed by atoms with Gasteiger partial charge in [-0.1, -0.05) is 26.0 Å². The third-order valence-electron chi connectivity index (χ3n) is 4.12. The molecular weight excluding hydrogens is 245 g/mol. The number of halogens is 1. The van der Waals surface area contributed by atoms with E-state index >= 15 is 0 Å². The lowest BCUT2D eigenvalue weighted by atomic mass is 9.84. The van der Waals surface area contributed by atoms with Crippen molar-refractivity contribution in [1.29, 1.82) is 0 Å². The maximum absolute atomic E-state index is 12.9. The molecule has 0 aliphatic carbocycles. The van der Waals surface area contributed by atoms with E-state index in [1.165, 1.54) is 12.1 Å². The van der Waals surface area contributed by atoms with Crippen LogP contribution in [0.2, 0.25) is 0 Å². The summed E-state index contributed by atoms with van der Waals surface area (Å²) in [5.74, 6) is -1.01. The zero-order chi connectivity index (χ0) is 14.0. The van der Waals surface area contributed by atoms with Crippen LogP contribution in [0.15, 0.2) is 24.3 Å². The first-order valence-corrected chi connectivity index (χ1v) is 6.75. The summed E-state index contributed by atoms with van der Waals surface area (Å²) < 4.78 is 12.9. The molecular formula is C15H20FNO2. The summed E-state index contributed by atoms with van der Waals surface area (Å²) in [7, 11) is 0. The van der Waals surface area contributed by atoms with Crippen molar-refractivity contribution < 1.29 is 14.3 Å². The number of aliphatic carboxylic acids is 1. The molecule has 19 heavy (non-hydrogen) atoms. The van der Waals surface area contributed by atoms with Gasteiger partial charge in [0.15, 0.2) is 0 Å². The van der Waals surface area contributed by atoms with Crippen LogP contribution in [-0.2, 0) is 4.79 Å². The predicted molar refractivity (Wildman–Crippen MR) is 71.3 cm³/mol. The summed E-state index contributed by atoms with van der Waals surface area (Å²) in [5.41, 5.74) is 1.10. The fourth-order valence-electron chi connectivity index (χ4n) is 2.71. The third-order valence-corrected chi connectivity index (χ3v) is 4.12. The van der Waals surface area contributed by atoms with Crippen LogP contribution in [0.3, 0.4) is 0 Å². The number of carboxylic acid groups (broad SMARTS) is 1. The number of rotatable bonds is 5. The lowest BCUT2D eigenvalue weighted by Crippen LogP contribution is -2.52. The molecule has 1 aliphatic rings. The Kier molecular flexibility index (Phi) is 4.20. The highest BCUT2D eigenvalue weighted by atomic mass is 19.1. The zero-order valence-corrected chi connectivity index (χ0v) is 11.3. The molecule has 0 aromatic heterocycles. The number of carbonyl (C=O) groups is 1. The van der Waals surface area contributed by atoms with Gasteiger partial charge in [-0.25, -0.2) is 4.39 Å². The average Bonchev–Trinajstić information content (AvgIpc) is 2.33. The first-order valence-electron chi connectivity index (χ1n) is 6.75. The summed E-state index contributed by atoms with van der Waals surface area (Å²) in [5, 5.41) is 8.99. The smallest absolute Gasteiger partial charge is 0.306 e. The van der Waals surface area contributed by atoms with Crippen LogP contribution >= 0.6 is 0 Å². The van der Waals surface area contributed by atoms with E-state index in [2.05, 4.69) is 11.8 Å². The molecule has 1 heterocycles. The molecule has 0 radical (unpaired) electrons. The molecule has 1 aliphatic heterocycles. The lowest BCUT2D eigenvalue weighted by molar-refractivity contribution is -0.146. The number of hydrogen-bond donors (Lipinski definition) is 1.